The van der Waals surface area contributed by atoms with Crippen molar-refractivity contribution < 1.29 is 9.90 Å². The summed E-state index contributed by atoms with van der Waals surface area (Å²) in [5, 5.41) is 8.78. The second-order valence-electron chi connectivity index (χ2n) is 3.64. The Morgan fingerprint density at radius 1 is 1.47 bits per heavy atom. The highest BCUT2D eigenvalue weighted by Gasteiger charge is 2.18. The van der Waals surface area contributed by atoms with Crippen LogP contribution >= 0.6 is 11.5 Å². The number of hydrogen-bond donors (Lipinski definition) is 1. The van der Waals surface area contributed by atoms with E-state index in [0.717, 1.165) is 43.5 Å². The number of aromatic carboxylic acids is 1. The van der Waals surface area contributed by atoms with E-state index in [-0.39, 0.29) is 0 Å². The highest BCUT2D eigenvalue weighted by Crippen LogP contribution is 2.19. The van der Waals surface area contributed by atoms with Crippen molar-refractivity contribution in [3.63, 3.8) is 0 Å². The molecule has 0 aliphatic carbocycles. The van der Waals surface area contributed by atoms with E-state index in [9.17, 15) is 4.79 Å². The molecule has 2 rings (SSSR count). The molecule has 6 heteroatoms. The number of hydrogen-bond acceptors (Lipinski definition) is 5. The number of aromatic nitrogens is 1. The van der Waals surface area contributed by atoms with E-state index in [2.05, 4.69) is 21.2 Å². The lowest BCUT2D eigenvalue weighted by atomic mass is 10.3. The van der Waals surface area contributed by atoms with Crippen molar-refractivity contribution in [3.8, 4) is 0 Å². The van der Waals surface area contributed by atoms with E-state index in [1.54, 1.807) is 6.07 Å². The minimum atomic E-state index is -0.895. The number of likely N-dealkylation sites (N-methyl/N-ethyl adjacent to an activating group) is 1. The average Bonchev–Trinajstić information content (AvgIpc) is 2.68. The Bertz CT molecular complexity index is 358. The Kier molecular flexibility index (Phi) is 2.88. The number of rotatable bonds is 2. The molecule has 0 aromatic carbocycles. The van der Waals surface area contributed by atoms with Crippen LogP contribution in [0.2, 0.25) is 0 Å². The summed E-state index contributed by atoms with van der Waals surface area (Å²) in [4.78, 5) is 15.4. The number of anilines is 1. The molecule has 0 atom stereocenters. The van der Waals surface area contributed by atoms with Crippen molar-refractivity contribution in [2.45, 2.75) is 0 Å². The molecule has 0 saturated carbocycles. The van der Waals surface area contributed by atoms with Crippen LogP contribution in [0.1, 0.15) is 9.67 Å². The van der Waals surface area contributed by atoms with Crippen LogP contribution in [0, 0.1) is 0 Å². The number of carbonyl (C=O) groups is 1. The molecule has 1 N–H and O–H groups in total. The van der Waals surface area contributed by atoms with E-state index in [1.807, 2.05) is 0 Å². The summed E-state index contributed by atoms with van der Waals surface area (Å²) in [7, 11) is 2.08. The summed E-state index contributed by atoms with van der Waals surface area (Å²) < 4.78 is 4.15. The predicted octanol–water partition coefficient (Wildman–Crippen LogP) is 0.593. The lowest BCUT2D eigenvalue weighted by Crippen LogP contribution is -2.44. The average molecular weight is 227 g/mol. The van der Waals surface area contributed by atoms with Gasteiger partial charge in [-0.15, -0.1) is 0 Å². The van der Waals surface area contributed by atoms with Crippen molar-refractivity contribution >= 4 is 23.3 Å². The van der Waals surface area contributed by atoms with Gasteiger partial charge in [-0.2, -0.15) is 4.37 Å². The van der Waals surface area contributed by atoms with Gasteiger partial charge in [0.25, 0.3) is 0 Å². The molecule has 15 heavy (non-hydrogen) atoms. The van der Waals surface area contributed by atoms with E-state index in [4.69, 9.17) is 5.11 Å². The minimum absolute atomic E-state index is 0.309. The first kappa shape index (κ1) is 10.4. The topological polar surface area (TPSA) is 56.7 Å². The van der Waals surface area contributed by atoms with Gasteiger partial charge in [0.2, 0.25) is 0 Å². The third kappa shape index (κ3) is 2.27. The molecule has 1 aliphatic rings. The molecule has 0 unspecified atom stereocenters. The van der Waals surface area contributed by atoms with Crippen molar-refractivity contribution in [1.82, 2.24) is 9.27 Å². The Hall–Kier alpha value is -1.14. The van der Waals surface area contributed by atoms with Gasteiger partial charge in [0.1, 0.15) is 10.7 Å². The second-order valence-corrected chi connectivity index (χ2v) is 4.45. The van der Waals surface area contributed by atoms with Crippen LogP contribution in [0.3, 0.4) is 0 Å². The highest BCUT2D eigenvalue weighted by atomic mass is 32.1. The molecular formula is C9H13N3O2S. The second kappa shape index (κ2) is 4.16. The third-order valence-electron chi connectivity index (χ3n) is 2.54. The monoisotopic (exact) mass is 227 g/mol. The molecule has 82 valence electrons. The lowest BCUT2D eigenvalue weighted by molar-refractivity contribution is 0.0702. The van der Waals surface area contributed by atoms with Gasteiger partial charge in [0.05, 0.1) is 0 Å². The van der Waals surface area contributed by atoms with E-state index in [0.29, 0.717) is 4.88 Å². The van der Waals surface area contributed by atoms with Gasteiger partial charge in [0, 0.05) is 32.2 Å². The van der Waals surface area contributed by atoms with Gasteiger partial charge in [-0.25, -0.2) is 4.79 Å². The summed E-state index contributed by atoms with van der Waals surface area (Å²) in [6.45, 7) is 3.83. The Labute approximate surface area is 92.1 Å². The van der Waals surface area contributed by atoms with Crippen LogP contribution in [-0.2, 0) is 0 Å². The minimum Gasteiger partial charge on any atom is -0.477 e. The molecule has 1 saturated heterocycles. The maximum absolute atomic E-state index is 10.7. The zero-order valence-electron chi connectivity index (χ0n) is 8.51. The lowest BCUT2D eigenvalue weighted by Gasteiger charge is -2.32. The van der Waals surface area contributed by atoms with Crippen molar-refractivity contribution in [2.24, 2.45) is 0 Å². The van der Waals surface area contributed by atoms with Crippen LogP contribution in [0.5, 0.6) is 0 Å². The van der Waals surface area contributed by atoms with E-state index < -0.39 is 5.97 Å². The SMILES string of the molecule is CN1CCN(c2cc(C(=O)O)sn2)CC1. The summed E-state index contributed by atoms with van der Waals surface area (Å²) in [5.41, 5.74) is 0. The first-order valence-corrected chi connectivity index (χ1v) is 5.57. The van der Waals surface area contributed by atoms with Gasteiger partial charge in [-0.3, -0.25) is 0 Å². The van der Waals surface area contributed by atoms with Crippen LogP contribution in [0.15, 0.2) is 6.07 Å². The smallest absolute Gasteiger partial charge is 0.347 e. The molecule has 2 heterocycles. The number of nitrogens with zero attached hydrogens (tertiary/aromatic N) is 3. The fourth-order valence-electron chi connectivity index (χ4n) is 1.55. The van der Waals surface area contributed by atoms with Gasteiger partial charge >= 0.3 is 5.97 Å². The largest absolute Gasteiger partial charge is 0.477 e. The molecule has 0 bridgehead atoms. The van der Waals surface area contributed by atoms with E-state index in [1.165, 1.54) is 0 Å². The Balaban J connectivity index is 2.06. The quantitative estimate of drug-likeness (QED) is 0.801. The van der Waals surface area contributed by atoms with Gasteiger partial charge in [-0.1, -0.05) is 0 Å². The van der Waals surface area contributed by atoms with Crippen LogP contribution in [0.4, 0.5) is 5.82 Å². The molecule has 1 aromatic rings. The summed E-state index contributed by atoms with van der Waals surface area (Å²) in [6, 6.07) is 1.65. The van der Waals surface area contributed by atoms with Crippen LogP contribution in [0.25, 0.3) is 0 Å². The zero-order valence-corrected chi connectivity index (χ0v) is 9.33. The number of carboxylic acids is 1. The van der Waals surface area contributed by atoms with Crippen LogP contribution < -0.4 is 4.90 Å². The normalized spacial score (nSPS) is 18.1. The van der Waals surface area contributed by atoms with Crippen molar-refractivity contribution in [3.05, 3.63) is 10.9 Å². The molecule has 0 spiro atoms. The summed E-state index contributed by atoms with van der Waals surface area (Å²) in [6.07, 6.45) is 0. The maximum atomic E-state index is 10.7. The van der Waals surface area contributed by atoms with Gasteiger partial charge < -0.3 is 14.9 Å². The summed E-state index contributed by atoms with van der Waals surface area (Å²) >= 11 is 1.05. The fraction of sp³-hybridized carbons (Fsp3) is 0.556. The first-order chi connectivity index (χ1) is 7.16. The molecule has 1 aliphatic heterocycles. The Morgan fingerprint density at radius 2 is 2.13 bits per heavy atom. The molecule has 1 fully saturated rings. The molecule has 1 aromatic heterocycles. The van der Waals surface area contributed by atoms with Crippen molar-refractivity contribution in [2.75, 3.05) is 38.1 Å². The highest BCUT2D eigenvalue weighted by molar-refractivity contribution is 7.08. The molecule has 5 nitrogen and oxygen atoms in total. The summed E-state index contributed by atoms with van der Waals surface area (Å²) in [5.74, 6) is -0.0987. The Morgan fingerprint density at radius 3 is 2.67 bits per heavy atom. The molecule has 0 amide bonds. The molecule has 0 radical (unpaired) electrons. The predicted molar refractivity (Wildman–Crippen MR) is 58.8 cm³/mol. The van der Waals surface area contributed by atoms with Gasteiger partial charge in [-0.05, 0) is 18.6 Å². The standard InChI is InChI=1S/C9H13N3O2S/c1-11-2-4-12(5-3-11)8-6-7(9(13)14)15-10-8/h6H,2-5H2,1H3,(H,13,14). The molecular weight excluding hydrogens is 214 g/mol. The van der Waals surface area contributed by atoms with Gasteiger partial charge in [0.15, 0.2) is 0 Å². The first-order valence-electron chi connectivity index (χ1n) is 4.80. The maximum Gasteiger partial charge on any atom is 0.347 e. The number of carboxylic acid groups (broad SMARTS) is 1. The fourth-order valence-corrected chi connectivity index (χ4v) is 2.15. The van der Waals surface area contributed by atoms with Crippen molar-refractivity contribution in [1.29, 1.82) is 0 Å². The third-order valence-corrected chi connectivity index (χ3v) is 3.30. The van der Waals surface area contributed by atoms with E-state index >= 15 is 0 Å². The zero-order chi connectivity index (χ0) is 10.8. The van der Waals surface area contributed by atoms with Crippen LogP contribution in [-0.4, -0.2) is 53.6 Å². The number of piperazine rings is 1.